The highest BCUT2D eigenvalue weighted by Crippen LogP contribution is 2.13. The maximum atomic E-state index is 11.6. The Bertz CT molecular complexity index is 352. The Kier molecular flexibility index (Phi) is 21.8. The van der Waals surface area contributed by atoms with Gasteiger partial charge in [-0.05, 0) is 38.5 Å². The normalized spacial score (nSPS) is 12.5. The first kappa shape index (κ1) is 27.2. The van der Waals surface area contributed by atoms with Gasteiger partial charge in [-0.2, -0.15) is 0 Å². The number of ether oxygens (including phenoxy) is 1. The summed E-state index contributed by atoms with van der Waals surface area (Å²) in [7, 11) is 0. The number of unbranched alkanes of at least 4 members (excludes halogenated alkanes) is 11. The molecule has 3 nitrogen and oxygen atoms in total. The van der Waals surface area contributed by atoms with E-state index in [-0.39, 0.29) is 12.1 Å². The fraction of sp³-hybridized carbons (Fsp3) is 0.880. The molecule has 0 aliphatic heterocycles. The number of aliphatic hydroxyl groups excluding tert-OH is 1. The van der Waals surface area contributed by atoms with Crippen molar-refractivity contribution >= 4 is 5.97 Å². The molecule has 0 aromatic carbocycles. The molecular weight excluding hydrogens is 348 g/mol. The summed E-state index contributed by atoms with van der Waals surface area (Å²) in [5.41, 5.74) is 0. The van der Waals surface area contributed by atoms with E-state index in [0.717, 1.165) is 44.9 Å². The Hall–Kier alpha value is -0.830. The van der Waals surface area contributed by atoms with Crippen LogP contribution in [0.25, 0.3) is 0 Å². The highest BCUT2D eigenvalue weighted by atomic mass is 16.5. The fourth-order valence-corrected chi connectivity index (χ4v) is 3.35. The van der Waals surface area contributed by atoms with Crippen LogP contribution in [-0.4, -0.2) is 23.8 Å². The highest BCUT2D eigenvalue weighted by molar-refractivity contribution is 5.69. The van der Waals surface area contributed by atoms with Crippen LogP contribution in [-0.2, 0) is 9.53 Å². The van der Waals surface area contributed by atoms with E-state index in [9.17, 15) is 9.90 Å². The lowest BCUT2D eigenvalue weighted by atomic mass is 10.0. The monoisotopic (exact) mass is 396 g/mol. The quantitative estimate of drug-likeness (QED) is 0.124. The summed E-state index contributed by atoms with van der Waals surface area (Å²) in [6.07, 6.45) is 24.1. The first-order chi connectivity index (χ1) is 13.7. The van der Waals surface area contributed by atoms with Gasteiger partial charge in [-0.1, -0.05) is 96.6 Å². The molecule has 166 valence electrons. The minimum Gasteiger partial charge on any atom is -0.466 e. The van der Waals surface area contributed by atoms with Gasteiger partial charge in [0.15, 0.2) is 0 Å². The van der Waals surface area contributed by atoms with E-state index in [0.29, 0.717) is 13.0 Å². The van der Waals surface area contributed by atoms with Crippen LogP contribution in [0, 0.1) is 0 Å². The minimum atomic E-state index is -0.108. The van der Waals surface area contributed by atoms with E-state index in [2.05, 4.69) is 26.0 Å². The van der Waals surface area contributed by atoms with Gasteiger partial charge in [-0.25, -0.2) is 0 Å². The molecule has 0 aliphatic carbocycles. The highest BCUT2D eigenvalue weighted by Gasteiger charge is 2.04. The van der Waals surface area contributed by atoms with Crippen LogP contribution in [0.4, 0.5) is 0 Å². The van der Waals surface area contributed by atoms with E-state index in [1.165, 1.54) is 64.2 Å². The molecule has 0 spiro atoms. The standard InChI is InChI=1S/C25H48O3/c1-3-5-7-9-10-14-18-22-25(27)28-23-19-15-11-13-17-21-24(26)20-16-12-8-6-4-2/h10,14,24,26H,3-9,11-13,15-23H2,1-2H3/b14-10+/t24-/m0/s1. The number of aliphatic hydroxyl groups is 1. The van der Waals surface area contributed by atoms with Crippen molar-refractivity contribution in [2.45, 2.75) is 136 Å². The van der Waals surface area contributed by atoms with Gasteiger partial charge in [0.2, 0.25) is 0 Å². The molecule has 0 unspecified atom stereocenters. The third kappa shape index (κ3) is 21.5. The lowest BCUT2D eigenvalue weighted by Gasteiger charge is -2.10. The smallest absolute Gasteiger partial charge is 0.306 e. The molecule has 1 N–H and O–H groups in total. The lowest BCUT2D eigenvalue weighted by molar-refractivity contribution is -0.143. The average molecular weight is 397 g/mol. The molecule has 0 bridgehead atoms. The van der Waals surface area contributed by atoms with Crippen molar-refractivity contribution in [1.29, 1.82) is 0 Å². The zero-order valence-corrected chi connectivity index (χ0v) is 18.9. The zero-order chi connectivity index (χ0) is 20.7. The molecule has 0 fully saturated rings. The second kappa shape index (κ2) is 22.5. The number of rotatable bonds is 21. The predicted molar refractivity (Wildman–Crippen MR) is 121 cm³/mol. The first-order valence-electron chi connectivity index (χ1n) is 12.2. The van der Waals surface area contributed by atoms with Crippen molar-refractivity contribution in [1.82, 2.24) is 0 Å². The molecule has 0 radical (unpaired) electrons. The van der Waals surface area contributed by atoms with Gasteiger partial charge < -0.3 is 9.84 Å². The fourth-order valence-electron chi connectivity index (χ4n) is 3.35. The molecule has 28 heavy (non-hydrogen) atoms. The molecular formula is C25H48O3. The van der Waals surface area contributed by atoms with E-state index < -0.39 is 0 Å². The Morgan fingerprint density at radius 1 is 0.750 bits per heavy atom. The third-order valence-corrected chi connectivity index (χ3v) is 5.24. The van der Waals surface area contributed by atoms with Crippen molar-refractivity contribution in [2.24, 2.45) is 0 Å². The molecule has 0 saturated heterocycles. The summed E-state index contributed by atoms with van der Waals surface area (Å²) in [4.78, 5) is 11.6. The van der Waals surface area contributed by atoms with Crippen molar-refractivity contribution < 1.29 is 14.6 Å². The van der Waals surface area contributed by atoms with Gasteiger partial charge in [0, 0.05) is 6.42 Å². The van der Waals surface area contributed by atoms with Crippen LogP contribution in [0.3, 0.4) is 0 Å². The average Bonchev–Trinajstić information content (AvgIpc) is 2.69. The van der Waals surface area contributed by atoms with E-state index in [1.54, 1.807) is 0 Å². The first-order valence-corrected chi connectivity index (χ1v) is 12.2. The molecule has 0 aromatic heterocycles. The summed E-state index contributed by atoms with van der Waals surface area (Å²) < 4.78 is 5.29. The largest absolute Gasteiger partial charge is 0.466 e. The Morgan fingerprint density at radius 2 is 1.29 bits per heavy atom. The molecule has 0 aromatic rings. The van der Waals surface area contributed by atoms with Crippen LogP contribution in [0.2, 0.25) is 0 Å². The van der Waals surface area contributed by atoms with Gasteiger partial charge in [-0.15, -0.1) is 0 Å². The Balaban J connectivity index is 3.30. The predicted octanol–water partition coefficient (Wildman–Crippen LogP) is 7.51. The number of carbonyl (C=O) groups is 1. The van der Waals surface area contributed by atoms with Crippen molar-refractivity contribution in [2.75, 3.05) is 6.61 Å². The number of carbonyl (C=O) groups excluding carboxylic acids is 1. The van der Waals surface area contributed by atoms with Crippen molar-refractivity contribution in [3.05, 3.63) is 12.2 Å². The second-order valence-electron chi connectivity index (χ2n) is 8.14. The topological polar surface area (TPSA) is 46.5 Å². The molecule has 0 rings (SSSR count). The summed E-state index contributed by atoms with van der Waals surface area (Å²) >= 11 is 0. The molecule has 0 aliphatic rings. The summed E-state index contributed by atoms with van der Waals surface area (Å²) in [6.45, 7) is 4.99. The van der Waals surface area contributed by atoms with Gasteiger partial charge in [0.1, 0.15) is 0 Å². The molecule has 0 amide bonds. The van der Waals surface area contributed by atoms with E-state index >= 15 is 0 Å². The van der Waals surface area contributed by atoms with Gasteiger partial charge in [0.25, 0.3) is 0 Å². The lowest BCUT2D eigenvalue weighted by Crippen LogP contribution is -2.06. The minimum absolute atomic E-state index is 0.0692. The van der Waals surface area contributed by atoms with Gasteiger partial charge in [0.05, 0.1) is 12.7 Å². The number of hydrogen-bond donors (Lipinski definition) is 1. The van der Waals surface area contributed by atoms with Crippen LogP contribution in [0.15, 0.2) is 12.2 Å². The third-order valence-electron chi connectivity index (χ3n) is 5.24. The Labute approximate surface area is 175 Å². The SMILES string of the molecule is CCCCC/C=C/CCC(=O)OCCCCCCC[C@@H](O)CCCCCCC. The molecule has 0 saturated carbocycles. The summed E-state index contributed by atoms with van der Waals surface area (Å²) in [5, 5.41) is 9.99. The molecule has 0 heterocycles. The maximum absolute atomic E-state index is 11.6. The van der Waals surface area contributed by atoms with E-state index in [1.807, 2.05) is 0 Å². The van der Waals surface area contributed by atoms with Crippen LogP contribution >= 0.6 is 0 Å². The van der Waals surface area contributed by atoms with Crippen molar-refractivity contribution in [3.8, 4) is 0 Å². The van der Waals surface area contributed by atoms with Crippen molar-refractivity contribution in [3.63, 3.8) is 0 Å². The number of esters is 1. The second-order valence-corrected chi connectivity index (χ2v) is 8.14. The van der Waals surface area contributed by atoms with E-state index in [4.69, 9.17) is 4.74 Å². The zero-order valence-electron chi connectivity index (χ0n) is 18.9. The number of allylic oxidation sites excluding steroid dienone is 2. The van der Waals surface area contributed by atoms with Gasteiger partial charge >= 0.3 is 5.97 Å². The maximum Gasteiger partial charge on any atom is 0.306 e. The van der Waals surface area contributed by atoms with Gasteiger partial charge in [-0.3, -0.25) is 4.79 Å². The molecule has 3 heteroatoms. The number of hydrogen-bond acceptors (Lipinski definition) is 3. The Morgan fingerprint density at radius 3 is 1.96 bits per heavy atom. The molecule has 1 atom stereocenters. The summed E-state index contributed by atoms with van der Waals surface area (Å²) in [5.74, 6) is -0.0692. The van der Waals surface area contributed by atoms with Crippen LogP contribution in [0.1, 0.15) is 129 Å². The van der Waals surface area contributed by atoms with Crippen LogP contribution in [0.5, 0.6) is 0 Å². The van der Waals surface area contributed by atoms with Crippen LogP contribution < -0.4 is 0 Å². The summed E-state index contributed by atoms with van der Waals surface area (Å²) in [6, 6.07) is 0.